The van der Waals surface area contributed by atoms with Crippen LogP contribution in [-0.2, 0) is 10.0 Å². The highest BCUT2D eigenvalue weighted by molar-refractivity contribution is 9.10. The van der Waals surface area contributed by atoms with Crippen molar-refractivity contribution in [1.29, 1.82) is 0 Å². The molecule has 0 fully saturated rings. The molecule has 0 bridgehead atoms. The van der Waals surface area contributed by atoms with E-state index in [2.05, 4.69) is 15.9 Å². The van der Waals surface area contributed by atoms with Gasteiger partial charge in [-0.1, -0.05) is 7.43 Å². The minimum atomic E-state index is -3.53. The van der Waals surface area contributed by atoms with Crippen LogP contribution >= 0.6 is 15.9 Å². The van der Waals surface area contributed by atoms with E-state index in [9.17, 15) is 13.5 Å². The lowest BCUT2D eigenvalue weighted by Crippen LogP contribution is -2.22. The van der Waals surface area contributed by atoms with Crippen LogP contribution in [0.4, 0.5) is 5.69 Å². The lowest BCUT2D eigenvalue weighted by atomic mass is 10.3. The van der Waals surface area contributed by atoms with Crippen LogP contribution in [0.25, 0.3) is 0 Å². The quantitative estimate of drug-likeness (QED) is 0.642. The van der Waals surface area contributed by atoms with E-state index in [1.54, 1.807) is 0 Å². The Labute approximate surface area is 104 Å². The Bertz CT molecular complexity index is 463. The molecule has 5 nitrogen and oxygen atoms in total. The summed E-state index contributed by atoms with van der Waals surface area (Å²) in [4.78, 5) is 0.0367. The topological polar surface area (TPSA) is 83.6 Å². The molecule has 0 amide bonds. The molecule has 0 aliphatic carbocycles. The number of nitrogens with two attached hydrogens (primary N) is 1. The molecule has 0 aromatic heterocycles. The number of hydrogen-bond donors (Lipinski definition) is 2. The number of benzene rings is 1. The van der Waals surface area contributed by atoms with Gasteiger partial charge in [-0.25, -0.2) is 12.7 Å². The molecule has 0 saturated heterocycles. The molecule has 0 spiro atoms. The number of hydrogen-bond acceptors (Lipinski definition) is 4. The molecule has 1 aromatic carbocycles. The smallest absolute Gasteiger partial charge is 0.242 e. The Morgan fingerprint density at radius 3 is 2.25 bits per heavy atom. The normalized spacial score (nSPS) is 11.2. The molecule has 0 saturated carbocycles. The monoisotopic (exact) mass is 310 g/mol. The van der Waals surface area contributed by atoms with Crippen molar-refractivity contribution in [3.63, 3.8) is 0 Å². The van der Waals surface area contributed by atoms with Gasteiger partial charge in [0.15, 0.2) is 5.75 Å². The van der Waals surface area contributed by atoms with E-state index in [1.165, 1.54) is 26.2 Å². The zero-order valence-corrected chi connectivity index (χ0v) is 10.6. The number of aromatic hydroxyl groups is 1. The molecule has 3 N–H and O–H groups in total. The molecule has 16 heavy (non-hydrogen) atoms. The zero-order valence-electron chi connectivity index (χ0n) is 8.23. The second-order valence-electron chi connectivity index (χ2n) is 3.13. The molecule has 7 heteroatoms. The van der Waals surface area contributed by atoms with Crippen LogP contribution in [0, 0.1) is 0 Å². The lowest BCUT2D eigenvalue weighted by molar-refractivity contribution is 0.473. The Morgan fingerprint density at radius 1 is 1.38 bits per heavy atom. The molecule has 0 heterocycles. The van der Waals surface area contributed by atoms with Crippen molar-refractivity contribution in [1.82, 2.24) is 4.31 Å². The third kappa shape index (κ3) is 2.66. The first kappa shape index (κ1) is 15.2. The van der Waals surface area contributed by atoms with Crippen molar-refractivity contribution < 1.29 is 13.5 Å². The number of phenols is 1. The van der Waals surface area contributed by atoms with E-state index < -0.39 is 10.0 Å². The van der Waals surface area contributed by atoms with Gasteiger partial charge in [-0.3, -0.25) is 0 Å². The maximum atomic E-state index is 11.7. The average Bonchev–Trinajstić information content (AvgIpc) is 2.13. The maximum Gasteiger partial charge on any atom is 0.242 e. The molecule has 0 unspecified atom stereocenters. The van der Waals surface area contributed by atoms with E-state index in [0.717, 1.165) is 4.31 Å². The summed E-state index contributed by atoms with van der Waals surface area (Å²) in [6, 6.07) is 2.52. The number of nitrogens with zero attached hydrogens (tertiary/aromatic N) is 1. The van der Waals surface area contributed by atoms with Crippen LogP contribution in [0.5, 0.6) is 5.75 Å². The Morgan fingerprint density at radius 2 is 1.88 bits per heavy atom. The molecule has 1 rings (SSSR count). The van der Waals surface area contributed by atoms with Gasteiger partial charge in [0.1, 0.15) is 0 Å². The van der Waals surface area contributed by atoms with Gasteiger partial charge < -0.3 is 10.8 Å². The number of rotatable bonds is 2. The molecular weight excluding hydrogens is 296 g/mol. The zero-order chi connectivity index (χ0) is 11.8. The fourth-order valence-corrected chi connectivity index (χ4v) is 2.55. The van der Waals surface area contributed by atoms with Crippen molar-refractivity contribution in [2.24, 2.45) is 0 Å². The largest absolute Gasteiger partial charge is 0.505 e. The Hall–Kier alpha value is -0.790. The summed E-state index contributed by atoms with van der Waals surface area (Å²) in [7, 11) is -0.681. The summed E-state index contributed by atoms with van der Waals surface area (Å²) in [6.45, 7) is 0. The third-order valence-corrected chi connectivity index (χ3v) is 4.24. The van der Waals surface area contributed by atoms with E-state index >= 15 is 0 Å². The van der Waals surface area contributed by atoms with Gasteiger partial charge in [0.25, 0.3) is 0 Å². The van der Waals surface area contributed by atoms with Crippen molar-refractivity contribution in [2.75, 3.05) is 19.8 Å². The third-order valence-electron chi connectivity index (χ3n) is 1.84. The minimum Gasteiger partial charge on any atom is -0.505 e. The minimum absolute atomic E-state index is 0. The van der Waals surface area contributed by atoms with Crippen LogP contribution in [0.2, 0.25) is 0 Å². The van der Waals surface area contributed by atoms with Gasteiger partial charge in [-0.05, 0) is 28.1 Å². The fraction of sp³-hybridized carbons (Fsp3) is 0.333. The lowest BCUT2D eigenvalue weighted by Gasteiger charge is -2.12. The molecule has 0 radical (unpaired) electrons. The van der Waals surface area contributed by atoms with Crippen molar-refractivity contribution in [2.45, 2.75) is 12.3 Å². The first-order valence-electron chi connectivity index (χ1n) is 3.97. The highest BCUT2D eigenvalue weighted by Gasteiger charge is 2.19. The summed E-state index contributed by atoms with van der Waals surface area (Å²) in [6.07, 6.45) is 0. The number of sulfonamides is 1. The molecule has 0 aliphatic rings. The molecule has 92 valence electrons. The van der Waals surface area contributed by atoms with E-state index in [4.69, 9.17) is 5.73 Å². The summed E-state index contributed by atoms with van der Waals surface area (Å²) in [5, 5.41) is 9.35. The fourth-order valence-electron chi connectivity index (χ4n) is 0.954. The first-order chi connectivity index (χ1) is 6.76. The number of anilines is 1. The van der Waals surface area contributed by atoms with Crippen molar-refractivity contribution in [3.05, 3.63) is 16.6 Å². The van der Waals surface area contributed by atoms with Crippen LogP contribution in [0.3, 0.4) is 0 Å². The molecule has 0 atom stereocenters. The summed E-state index contributed by atoms with van der Waals surface area (Å²) < 4.78 is 24.8. The second-order valence-corrected chi connectivity index (χ2v) is 6.14. The van der Waals surface area contributed by atoms with Gasteiger partial charge in [-0.15, -0.1) is 0 Å². The highest BCUT2D eigenvalue weighted by Crippen LogP contribution is 2.33. The van der Waals surface area contributed by atoms with Gasteiger partial charge in [0, 0.05) is 14.1 Å². The Kier molecular flexibility index (Phi) is 4.78. The van der Waals surface area contributed by atoms with Gasteiger partial charge in [-0.2, -0.15) is 0 Å². The van der Waals surface area contributed by atoms with Crippen LogP contribution < -0.4 is 5.73 Å². The second kappa shape index (κ2) is 5.03. The van der Waals surface area contributed by atoms with Crippen molar-refractivity contribution in [3.8, 4) is 5.75 Å². The van der Waals surface area contributed by atoms with Gasteiger partial charge >= 0.3 is 0 Å². The predicted octanol–water partition coefficient (Wildman–Crippen LogP) is 1.62. The summed E-state index contributed by atoms with van der Waals surface area (Å²) >= 11 is 3.03. The average molecular weight is 311 g/mol. The van der Waals surface area contributed by atoms with Gasteiger partial charge in [0.2, 0.25) is 10.0 Å². The summed E-state index contributed by atoms with van der Waals surface area (Å²) in [5.41, 5.74) is 5.47. The Balaban J connectivity index is 0.00000225. The SMILES string of the molecule is C.CN(C)S(=O)(=O)c1cc(N)c(O)c(Br)c1. The van der Waals surface area contributed by atoms with Crippen LogP contribution in [-0.4, -0.2) is 31.9 Å². The van der Waals surface area contributed by atoms with Crippen LogP contribution in [0.15, 0.2) is 21.5 Å². The number of halogens is 1. The standard InChI is InChI=1S/C8H11BrN2O3S.CH4/c1-11(2)15(13,14)5-3-6(9)8(12)7(10)4-5;/h3-4,12H,10H2,1-2H3;1H4. The molecular formula is C9H15BrN2O3S. The number of nitrogen functional groups attached to an aromatic ring is 1. The van der Waals surface area contributed by atoms with E-state index in [0.29, 0.717) is 0 Å². The number of phenolic OH excluding ortho intramolecular Hbond substituents is 1. The predicted molar refractivity (Wildman–Crippen MR) is 67.8 cm³/mol. The van der Waals surface area contributed by atoms with E-state index in [-0.39, 0.29) is 28.2 Å². The first-order valence-corrected chi connectivity index (χ1v) is 6.20. The summed E-state index contributed by atoms with van der Waals surface area (Å²) in [5.74, 6) is -0.160. The van der Waals surface area contributed by atoms with Crippen LogP contribution in [0.1, 0.15) is 7.43 Å². The maximum absolute atomic E-state index is 11.7. The molecule has 0 aliphatic heterocycles. The van der Waals surface area contributed by atoms with Gasteiger partial charge in [0.05, 0.1) is 15.1 Å². The molecule has 1 aromatic rings. The van der Waals surface area contributed by atoms with Crippen molar-refractivity contribution >= 4 is 31.6 Å². The highest BCUT2D eigenvalue weighted by atomic mass is 79.9. The van der Waals surface area contributed by atoms with E-state index in [1.807, 2.05) is 0 Å².